The number of fused-ring (bicyclic) bond motifs is 1. The number of aromatic nitrogens is 1. The van der Waals surface area contributed by atoms with Gasteiger partial charge < -0.3 is 9.47 Å². The van der Waals surface area contributed by atoms with Crippen LogP contribution in [0.3, 0.4) is 0 Å². The van der Waals surface area contributed by atoms with Gasteiger partial charge >= 0.3 is 0 Å². The van der Waals surface area contributed by atoms with E-state index in [9.17, 15) is 0 Å². The van der Waals surface area contributed by atoms with E-state index in [4.69, 9.17) is 9.47 Å². The third-order valence-corrected chi connectivity index (χ3v) is 2.94. The van der Waals surface area contributed by atoms with Crippen LogP contribution in [0.4, 0.5) is 0 Å². The molecule has 14 heavy (non-hydrogen) atoms. The van der Waals surface area contributed by atoms with E-state index in [-0.39, 0.29) is 5.79 Å². The first kappa shape index (κ1) is 8.38. The van der Waals surface area contributed by atoms with Crippen molar-refractivity contribution in [3.63, 3.8) is 0 Å². The molecule has 0 aromatic carbocycles. The topological polar surface area (TPSA) is 31.4 Å². The zero-order valence-corrected chi connectivity index (χ0v) is 7.95. The summed E-state index contributed by atoms with van der Waals surface area (Å²) in [6.45, 7) is 1.44. The summed E-state index contributed by atoms with van der Waals surface area (Å²) in [7, 11) is 0. The molecule has 1 aromatic heterocycles. The van der Waals surface area contributed by atoms with Crippen molar-refractivity contribution in [2.75, 3.05) is 13.2 Å². The van der Waals surface area contributed by atoms with Gasteiger partial charge in [-0.25, -0.2) is 0 Å². The zero-order chi connectivity index (χ0) is 9.43. The van der Waals surface area contributed by atoms with Gasteiger partial charge in [0.25, 0.3) is 0 Å². The molecule has 3 rings (SSSR count). The lowest BCUT2D eigenvalue weighted by atomic mass is 9.91. The van der Waals surface area contributed by atoms with Crippen molar-refractivity contribution in [3.05, 3.63) is 29.6 Å². The highest BCUT2D eigenvalue weighted by Gasteiger charge is 2.39. The van der Waals surface area contributed by atoms with E-state index in [1.54, 1.807) is 6.20 Å². The Kier molecular flexibility index (Phi) is 1.82. The summed E-state index contributed by atoms with van der Waals surface area (Å²) in [5, 5.41) is 0. The Bertz CT molecular complexity index is 345. The minimum Gasteiger partial charge on any atom is -0.347 e. The number of ether oxygens (including phenoxy) is 2. The Balaban J connectivity index is 1.92. The molecule has 3 heteroatoms. The third kappa shape index (κ3) is 1.24. The van der Waals surface area contributed by atoms with Crippen molar-refractivity contribution >= 4 is 0 Å². The summed E-state index contributed by atoms with van der Waals surface area (Å²) >= 11 is 0. The lowest BCUT2D eigenvalue weighted by Crippen LogP contribution is -2.37. The van der Waals surface area contributed by atoms with Gasteiger partial charge in [0.15, 0.2) is 5.79 Å². The molecular formula is C11H12NO2. The van der Waals surface area contributed by atoms with Crippen LogP contribution in [-0.2, 0) is 22.3 Å². The average Bonchev–Trinajstić information content (AvgIpc) is 2.66. The lowest BCUT2D eigenvalue weighted by Gasteiger charge is -2.31. The van der Waals surface area contributed by atoms with Crippen LogP contribution in [0.2, 0.25) is 0 Å². The van der Waals surface area contributed by atoms with Crippen LogP contribution >= 0.6 is 0 Å². The molecular weight excluding hydrogens is 178 g/mol. The van der Waals surface area contributed by atoms with Gasteiger partial charge in [0, 0.05) is 30.8 Å². The van der Waals surface area contributed by atoms with Crippen molar-refractivity contribution in [2.24, 2.45) is 0 Å². The van der Waals surface area contributed by atoms with Crippen molar-refractivity contribution in [2.45, 2.75) is 25.0 Å². The third-order valence-electron chi connectivity index (χ3n) is 2.94. The highest BCUT2D eigenvalue weighted by molar-refractivity contribution is 5.24. The molecule has 3 nitrogen and oxygen atoms in total. The minimum absolute atomic E-state index is 0.343. The number of hydrogen-bond acceptors (Lipinski definition) is 3. The fraction of sp³-hybridized carbons (Fsp3) is 0.545. The standard InChI is InChI=1S/C11H12NO2/c1-2-9-8-11(13-6-7-14-11)4-3-10(9)12-5-1/h2,5H,3-4,6-8H2. The lowest BCUT2D eigenvalue weighted by molar-refractivity contribution is -0.164. The van der Waals surface area contributed by atoms with Crippen LogP contribution < -0.4 is 0 Å². The van der Waals surface area contributed by atoms with Crippen LogP contribution in [0, 0.1) is 6.07 Å². The number of nitrogens with zero attached hydrogens (tertiary/aromatic N) is 1. The maximum Gasteiger partial charge on any atom is 0.172 e. The molecule has 1 fully saturated rings. The van der Waals surface area contributed by atoms with Crippen LogP contribution in [0.15, 0.2) is 12.3 Å². The second kappa shape index (κ2) is 3.04. The first-order valence-corrected chi connectivity index (χ1v) is 5.00. The van der Waals surface area contributed by atoms with E-state index in [0.29, 0.717) is 0 Å². The summed E-state index contributed by atoms with van der Waals surface area (Å²) in [6, 6.07) is 5.00. The summed E-state index contributed by atoms with van der Waals surface area (Å²) in [6.07, 6.45) is 4.43. The monoisotopic (exact) mass is 190 g/mol. The highest BCUT2D eigenvalue weighted by atomic mass is 16.7. The molecule has 2 aliphatic rings. The molecule has 2 heterocycles. The van der Waals surface area contributed by atoms with E-state index in [1.165, 1.54) is 11.3 Å². The maximum absolute atomic E-state index is 5.67. The zero-order valence-electron chi connectivity index (χ0n) is 7.95. The van der Waals surface area contributed by atoms with Gasteiger partial charge in [-0.05, 0) is 18.1 Å². The van der Waals surface area contributed by atoms with Crippen LogP contribution in [0.1, 0.15) is 17.7 Å². The first-order valence-electron chi connectivity index (χ1n) is 5.00. The second-order valence-corrected chi connectivity index (χ2v) is 3.83. The van der Waals surface area contributed by atoms with E-state index >= 15 is 0 Å². The minimum atomic E-state index is -0.343. The maximum atomic E-state index is 5.67. The number of aryl methyl sites for hydroxylation is 1. The van der Waals surface area contributed by atoms with E-state index < -0.39 is 0 Å². The molecule has 0 amide bonds. The van der Waals surface area contributed by atoms with Gasteiger partial charge in [0.2, 0.25) is 0 Å². The molecule has 0 saturated carbocycles. The number of hydrogen-bond donors (Lipinski definition) is 0. The van der Waals surface area contributed by atoms with Crippen LogP contribution in [0.25, 0.3) is 0 Å². The highest BCUT2D eigenvalue weighted by Crippen LogP contribution is 2.34. The normalized spacial score (nSPS) is 23.7. The fourth-order valence-corrected chi connectivity index (χ4v) is 2.23. The average molecular weight is 190 g/mol. The van der Waals surface area contributed by atoms with Gasteiger partial charge in [-0.1, -0.05) is 0 Å². The Labute approximate surface area is 83.1 Å². The second-order valence-electron chi connectivity index (χ2n) is 3.83. The Morgan fingerprint density at radius 3 is 3.07 bits per heavy atom. The van der Waals surface area contributed by atoms with Crippen LogP contribution in [0.5, 0.6) is 0 Å². The van der Waals surface area contributed by atoms with Gasteiger partial charge in [-0.3, -0.25) is 4.98 Å². The Morgan fingerprint density at radius 2 is 2.21 bits per heavy atom. The molecule has 1 aliphatic carbocycles. The summed E-state index contributed by atoms with van der Waals surface area (Å²) in [5.74, 6) is -0.343. The molecule has 1 aliphatic heterocycles. The Morgan fingerprint density at radius 1 is 1.36 bits per heavy atom. The van der Waals surface area contributed by atoms with Crippen molar-refractivity contribution in [3.8, 4) is 0 Å². The molecule has 0 N–H and O–H groups in total. The molecule has 0 atom stereocenters. The molecule has 0 unspecified atom stereocenters. The van der Waals surface area contributed by atoms with E-state index in [1.807, 2.05) is 6.07 Å². The Hall–Kier alpha value is -0.930. The van der Waals surface area contributed by atoms with Gasteiger partial charge in [-0.2, -0.15) is 0 Å². The molecule has 1 saturated heterocycles. The van der Waals surface area contributed by atoms with Gasteiger partial charge in [0.1, 0.15) is 0 Å². The quantitative estimate of drug-likeness (QED) is 0.614. The van der Waals surface area contributed by atoms with Crippen molar-refractivity contribution in [1.29, 1.82) is 0 Å². The largest absolute Gasteiger partial charge is 0.347 e. The summed E-state index contributed by atoms with van der Waals surface area (Å²) in [4.78, 5) is 4.31. The number of pyridine rings is 1. The van der Waals surface area contributed by atoms with E-state index in [2.05, 4.69) is 11.1 Å². The van der Waals surface area contributed by atoms with Gasteiger partial charge in [-0.15, -0.1) is 0 Å². The summed E-state index contributed by atoms with van der Waals surface area (Å²) < 4.78 is 11.3. The predicted octanol–water partition coefficient (Wildman–Crippen LogP) is 1.11. The first-order chi connectivity index (χ1) is 6.88. The number of rotatable bonds is 0. The van der Waals surface area contributed by atoms with Gasteiger partial charge in [0.05, 0.1) is 13.2 Å². The fourth-order valence-electron chi connectivity index (χ4n) is 2.23. The predicted molar refractivity (Wildman–Crippen MR) is 49.7 cm³/mol. The van der Waals surface area contributed by atoms with Crippen molar-refractivity contribution < 1.29 is 9.47 Å². The summed E-state index contributed by atoms with van der Waals surface area (Å²) in [5.41, 5.74) is 2.40. The molecule has 0 bridgehead atoms. The molecule has 73 valence electrons. The van der Waals surface area contributed by atoms with Crippen molar-refractivity contribution in [1.82, 2.24) is 4.98 Å². The molecule has 1 aromatic rings. The van der Waals surface area contributed by atoms with Crippen LogP contribution in [-0.4, -0.2) is 24.0 Å². The SMILES string of the molecule is [c]1cnc2c(c1)CC1(CC2)OCCO1. The molecule has 1 spiro atoms. The molecule has 1 radical (unpaired) electrons. The van der Waals surface area contributed by atoms with E-state index in [0.717, 1.165) is 32.5 Å². The smallest absolute Gasteiger partial charge is 0.172 e.